The number of aryl methyl sites for hydroxylation is 2. The molecule has 0 unspecified atom stereocenters. The highest BCUT2D eigenvalue weighted by molar-refractivity contribution is 7.89. The Bertz CT molecular complexity index is 998. The fourth-order valence-electron chi connectivity index (χ4n) is 4.10. The predicted molar refractivity (Wildman–Crippen MR) is 101 cm³/mol. The number of anilines is 1. The minimum absolute atomic E-state index is 0.0142. The average molecular weight is 370 g/mol. The van der Waals surface area contributed by atoms with E-state index in [1.54, 1.807) is 36.2 Å². The smallest absolute Gasteiger partial charge is 0.243 e. The Morgan fingerprint density at radius 1 is 1.00 bits per heavy atom. The standard InChI is InChI=1S/C20H22N2O3S/c1-14-4-7-16(8-5-14)26(24,25)22-11-10-20(13-22)17-12-15(2)6-9-18(17)21(3)19(20)23/h4-9,12H,10-11,13H2,1-3H3/t20-/m1/s1. The van der Waals surface area contributed by atoms with Crippen LogP contribution in [0, 0.1) is 13.8 Å². The molecule has 0 radical (unpaired) electrons. The third-order valence-corrected chi connectivity index (χ3v) is 7.50. The number of carbonyl (C=O) groups excluding carboxylic acids is 1. The van der Waals surface area contributed by atoms with E-state index in [1.807, 2.05) is 32.0 Å². The molecule has 1 spiro atoms. The van der Waals surface area contributed by atoms with Crippen molar-refractivity contribution in [3.8, 4) is 0 Å². The molecule has 2 heterocycles. The highest BCUT2D eigenvalue weighted by Crippen LogP contribution is 2.47. The molecule has 0 aromatic heterocycles. The van der Waals surface area contributed by atoms with Crippen molar-refractivity contribution in [2.75, 3.05) is 25.0 Å². The highest BCUT2D eigenvalue weighted by atomic mass is 32.2. The van der Waals surface area contributed by atoms with Crippen LogP contribution in [-0.4, -0.2) is 38.8 Å². The van der Waals surface area contributed by atoms with Crippen LogP contribution in [0.4, 0.5) is 5.69 Å². The van der Waals surface area contributed by atoms with Crippen molar-refractivity contribution >= 4 is 21.6 Å². The molecule has 1 saturated heterocycles. The number of hydrogen-bond donors (Lipinski definition) is 0. The number of rotatable bonds is 2. The monoisotopic (exact) mass is 370 g/mol. The zero-order valence-corrected chi connectivity index (χ0v) is 16.0. The molecule has 2 aromatic rings. The van der Waals surface area contributed by atoms with Crippen molar-refractivity contribution in [2.45, 2.75) is 30.6 Å². The molecule has 0 aliphatic carbocycles. The Morgan fingerprint density at radius 3 is 2.35 bits per heavy atom. The van der Waals surface area contributed by atoms with Gasteiger partial charge in [0.1, 0.15) is 0 Å². The number of sulfonamides is 1. The first-order valence-electron chi connectivity index (χ1n) is 8.72. The second kappa shape index (κ2) is 5.66. The van der Waals surface area contributed by atoms with Gasteiger partial charge in [0.15, 0.2) is 0 Å². The molecule has 2 aliphatic heterocycles. The van der Waals surface area contributed by atoms with Crippen LogP contribution in [0.25, 0.3) is 0 Å². The Morgan fingerprint density at radius 2 is 1.65 bits per heavy atom. The summed E-state index contributed by atoms with van der Waals surface area (Å²) >= 11 is 0. The largest absolute Gasteiger partial charge is 0.314 e. The first kappa shape index (κ1) is 17.2. The number of likely N-dealkylation sites (N-methyl/N-ethyl adjacent to an activating group) is 1. The van der Waals surface area contributed by atoms with Crippen molar-refractivity contribution in [1.82, 2.24) is 4.31 Å². The van der Waals surface area contributed by atoms with Crippen LogP contribution in [0.3, 0.4) is 0 Å². The van der Waals surface area contributed by atoms with Gasteiger partial charge in [-0.1, -0.05) is 35.4 Å². The van der Waals surface area contributed by atoms with Crippen LogP contribution in [-0.2, 0) is 20.2 Å². The summed E-state index contributed by atoms with van der Waals surface area (Å²) in [4.78, 5) is 15.0. The summed E-state index contributed by atoms with van der Waals surface area (Å²) in [6.45, 7) is 4.46. The Balaban J connectivity index is 1.74. The third kappa shape index (κ3) is 2.32. The summed E-state index contributed by atoms with van der Waals surface area (Å²) in [5.74, 6) is -0.0142. The molecule has 1 fully saturated rings. The molecule has 0 N–H and O–H groups in total. The van der Waals surface area contributed by atoms with Crippen LogP contribution in [0.15, 0.2) is 47.4 Å². The lowest BCUT2D eigenvalue weighted by Crippen LogP contribution is -2.42. The van der Waals surface area contributed by atoms with Gasteiger partial charge in [-0.05, 0) is 44.0 Å². The maximum Gasteiger partial charge on any atom is 0.243 e. The van der Waals surface area contributed by atoms with Gasteiger partial charge in [-0.15, -0.1) is 0 Å². The zero-order valence-electron chi connectivity index (χ0n) is 15.2. The minimum Gasteiger partial charge on any atom is -0.314 e. The maximum atomic E-state index is 13.1. The van der Waals surface area contributed by atoms with Crippen LogP contribution in [0.5, 0.6) is 0 Å². The number of amides is 1. The summed E-state index contributed by atoms with van der Waals surface area (Å²) in [5, 5.41) is 0. The molecule has 4 rings (SSSR count). The molecule has 26 heavy (non-hydrogen) atoms. The maximum absolute atomic E-state index is 13.1. The second-order valence-corrected chi connectivity index (χ2v) is 9.31. The quantitative estimate of drug-likeness (QED) is 0.817. The molecule has 6 heteroatoms. The van der Waals surface area contributed by atoms with E-state index in [0.29, 0.717) is 13.0 Å². The van der Waals surface area contributed by atoms with Crippen LogP contribution >= 0.6 is 0 Å². The van der Waals surface area contributed by atoms with Crippen molar-refractivity contribution in [2.24, 2.45) is 0 Å². The number of nitrogens with zero attached hydrogens (tertiary/aromatic N) is 2. The lowest BCUT2D eigenvalue weighted by atomic mass is 9.80. The molecule has 5 nitrogen and oxygen atoms in total. The van der Waals surface area contributed by atoms with Crippen LogP contribution < -0.4 is 4.90 Å². The lowest BCUT2D eigenvalue weighted by molar-refractivity contribution is -0.122. The third-order valence-electron chi connectivity index (χ3n) is 5.64. The van der Waals surface area contributed by atoms with E-state index in [2.05, 4.69) is 0 Å². The summed E-state index contributed by atoms with van der Waals surface area (Å²) in [6.07, 6.45) is 0.512. The highest BCUT2D eigenvalue weighted by Gasteiger charge is 2.55. The van der Waals surface area contributed by atoms with Gasteiger partial charge in [-0.3, -0.25) is 4.79 Å². The van der Waals surface area contributed by atoms with Crippen molar-refractivity contribution in [3.05, 3.63) is 59.2 Å². The molecule has 1 atom stereocenters. The first-order valence-corrected chi connectivity index (χ1v) is 10.2. The van der Waals surface area contributed by atoms with Gasteiger partial charge in [0.25, 0.3) is 0 Å². The van der Waals surface area contributed by atoms with E-state index in [-0.39, 0.29) is 17.3 Å². The SMILES string of the molecule is Cc1ccc(S(=O)(=O)N2CC[C@]3(C2)C(=O)N(C)c2ccc(C)cc23)cc1. The first-order chi connectivity index (χ1) is 12.3. The van der Waals surface area contributed by atoms with Gasteiger partial charge in [0.05, 0.1) is 10.3 Å². The van der Waals surface area contributed by atoms with E-state index >= 15 is 0 Å². The fraction of sp³-hybridized carbons (Fsp3) is 0.350. The molecule has 2 aliphatic rings. The number of hydrogen-bond acceptors (Lipinski definition) is 3. The number of carbonyl (C=O) groups is 1. The molecular weight excluding hydrogens is 348 g/mol. The summed E-state index contributed by atoms with van der Waals surface area (Å²) < 4.78 is 27.6. The van der Waals surface area contributed by atoms with Gasteiger partial charge >= 0.3 is 0 Å². The molecule has 0 saturated carbocycles. The topological polar surface area (TPSA) is 57.7 Å². The van der Waals surface area contributed by atoms with E-state index in [1.165, 1.54) is 4.31 Å². The lowest BCUT2D eigenvalue weighted by Gasteiger charge is -2.23. The number of benzene rings is 2. The molecule has 2 aromatic carbocycles. The minimum atomic E-state index is -3.61. The van der Waals surface area contributed by atoms with Crippen molar-refractivity contribution in [1.29, 1.82) is 0 Å². The van der Waals surface area contributed by atoms with Crippen molar-refractivity contribution < 1.29 is 13.2 Å². The normalized spacial score (nSPS) is 23.0. The van der Waals surface area contributed by atoms with Gasteiger partial charge < -0.3 is 4.90 Å². The van der Waals surface area contributed by atoms with Gasteiger partial charge in [-0.2, -0.15) is 4.31 Å². The van der Waals surface area contributed by atoms with Crippen molar-refractivity contribution in [3.63, 3.8) is 0 Å². The Hall–Kier alpha value is -2.18. The van der Waals surface area contributed by atoms with E-state index in [9.17, 15) is 13.2 Å². The van der Waals surface area contributed by atoms with Crippen LogP contribution in [0.2, 0.25) is 0 Å². The van der Waals surface area contributed by atoms with Gasteiger partial charge in [0, 0.05) is 25.8 Å². The number of fused-ring (bicyclic) bond motifs is 2. The summed E-state index contributed by atoms with van der Waals surface area (Å²) in [7, 11) is -1.84. The molecular formula is C20H22N2O3S. The predicted octanol–water partition coefficient (Wildman–Crippen LogP) is 2.61. The second-order valence-electron chi connectivity index (χ2n) is 7.37. The van der Waals surface area contributed by atoms with E-state index in [0.717, 1.165) is 22.4 Å². The van der Waals surface area contributed by atoms with Gasteiger partial charge in [-0.25, -0.2) is 8.42 Å². The van der Waals surface area contributed by atoms with E-state index < -0.39 is 15.4 Å². The molecule has 136 valence electrons. The van der Waals surface area contributed by atoms with E-state index in [4.69, 9.17) is 0 Å². The molecule has 0 bridgehead atoms. The Kier molecular flexibility index (Phi) is 3.75. The average Bonchev–Trinajstić information content (AvgIpc) is 3.14. The summed E-state index contributed by atoms with van der Waals surface area (Å²) in [6, 6.07) is 12.8. The Labute approximate surface area is 154 Å². The fourth-order valence-corrected chi connectivity index (χ4v) is 5.61. The summed E-state index contributed by atoms with van der Waals surface area (Å²) in [5.41, 5.74) is 3.15. The van der Waals surface area contributed by atoms with Crippen LogP contribution in [0.1, 0.15) is 23.1 Å². The van der Waals surface area contributed by atoms with Gasteiger partial charge in [0.2, 0.25) is 15.9 Å². The zero-order chi connectivity index (χ0) is 18.7. The molecule has 1 amide bonds.